The van der Waals surface area contributed by atoms with Crippen LogP contribution < -0.4 is 0 Å². The second kappa shape index (κ2) is 7.93. The van der Waals surface area contributed by atoms with Crippen molar-refractivity contribution < 1.29 is 9.18 Å². The van der Waals surface area contributed by atoms with E-state index in [0.717, 1.165) is 31.6 Å². The maximum Gasteiger partial charge on any atom is 0.158 e. The van der Waals surface area contributed by atoms with E-state index >= 15 is 0 Å². The molecule has 116 valence electrons. The van der Waals surface area contributed by atoms with Gasteiger partial charge in [0.2, 0.25) is 0 Å². The monoisotopic (exact) mass is 310 g/mol. The number of rotatable bonds is 6. The molecule has 0 aromatic heterocycles. The fourth-order valence-corrected chi connectivity index (χ4v) is 3.56. The molecule has 1 unspecified atom stereocenters. The van der Waals surface area contributed by atoms with Gasteiger partial charge in [0, 0.05) is 5.92 Å². The molecule has 1 fully saturated rings. The van der Waals surface area contributed by atoms with Crippen molar-refractivity contribution >= 4 is 17.4 Å². The third-order valence-corrected chi connectivity index (χ3v) is 5.09. The van der Waals surface area contributed by atoms with Crippen LogP contribution in [-0.2, 0) is 4.79 Å². The quantitative estimate of drug-likeness (QED) is 0.618. The summed E-state index contributed by atoms with van der Waals surface area (Å²) in [5.41, 5.74) is 0.705. The first-order valence-electron chi connectivity index (χ1n) is 8.05. The summed E-state index contributed by atoms with van der Waals surface area (Å²) in [6.45, 7) is 2.22. The van der Waals surface area contributed by atoms with Crippen molar-refractivity contribution in [3.05, 3.63) is 35.6 Å². The van der Waals surface area contributed by atoms with Gasteiger partial charge >= 0.3 is 0 Å². The van der Waals surface area contributed by atoms with Gasteiger partial charge in [0.05, 0.1) is 0 Å². The van der Waals surface area contributed by atoms with Gasteiger partial charge in [-0.3, -0.25) is 4.79 Å². The molecule has 3 heteroatoms. The molecule has 0 bridgehead atoms. The second-order valence-corrected chi connectivity index (χ2v) is 6.61. The minimum atomic E-state index is -0.636. The summed E-state index contributed by atoms with van der Waals surface area (Å²) in [4.78, 5) is 12.5. The van der Waals surface area contributed by atoms with Crippen LogP contribution in [0.4, 0.5) is 4.39 Å². The zero-order valence-electron chi connectivity index (χ0n) is 12.7. The molecule has 0 N–H and O–H groups in total. The van der Waals surface area contributed by atoms with E-state index < -0.39 is 5.38 Å². The van der Waals surface area contributed by atoms with E-state index in [1.54, 1.807) is 12.1 Å². The lowest BCUT2D eigenvalue weighted by Gasteiger charge is -2.28. The number of carbonyl (C=O) groups is 1. The normalized spacial score (nSPS) is 23.8. The number of hydrogen-bond donors (Lipinski definition) is 0. The highest BCUT2D eigenvalue weighted by Crippen LogP contribution is 2.36. The maximum atomic E-state index is 12.9. The number of halogens is 2. The van der Waals surface area contributed by atoms with Gasteiger partial charge in [0.25, 0.3) is 0 Å². The summed E-state index contributed by atoms with van der Waals surface area (Å²) >= 11 is 6.29. The fourth-order valence-electron chi connectivity index (χ4n) is 3.23. The number of hydrogen-bond acceptors (Lipinski definition) is 1. The SMILES string of the molecule is CCCCC1CCC(C(=O)C(Cl)c2ccc(F)cc2)CC1. The average Bonchev–Trinajstić information content (AvgIpc) is 2.53. The van der Waals surface area contributed by atoms with Crippen LogP contribution in [0.5, 0.6) is 0 Å². The topological polar surface area (TPSA) is 17.1 Å². The molecule has 1 aliphatic rings. The number of Topliss-reactive ketones (excluding diaryl/α,β-unsaturated/α-hetero) is 1. The van der Waals surface area contributed by atoms with Crippen molar-refractivity contribution in [2.24, 2.45) is 11.8 Å². The van der Waals surface area contributed by atoms with E-state index in [2.05, 4.69) is 6.92 Å². The predicted molar refractivity (Wildman–Crippen MR) is 85.0 cm³/mol. The maximum absolute atomic E-state index is 12.9. The summed E-state index contributed by atoms with van der Waals surface area (Å²) in [6, 6.07) is 5.94. The Balaban J connectivity index is 1.88. The van der Waals surface area contributed by atoms with Crippen LogP contribution in [0.1, 0.15) is 62.8 Å². The molecule has 0 radical (unpaired) electrons. The third kappa shape index (κ3) is 4.54. The van der Waals surface area contributed by atoms with Crippen LogP contribution in [0.25, 0.3) is 0 Å². The van der Waals surface area contributed by atoms with E-state index in [0.29, 0.717) is 5.56 Å². The van der Waals surface area contributed by atoms with Crippen molar-refractivity contribution in [1.29, 1.82) is 0 Å². The molecule has 2 rings (SSSR count). The standard InChI is InChI=1S/C18H24ClFO/c1-2-3-4-13-5-7-15(8-6-13)18(21)17(19)14-9-11-16(20)12-10-14/h9-13,15,17H,2-8H2,1H3. The molecule has 1 aromatic carbocycles. The summed E-state index contributed by atoms with van der Waals surface area (Å²) < 4.78 is 12.9. The molecule has 1 saturated carbocycles. The van der Waals surface area contributed by atoms with Gasteiger partial charge in [-0.25, -0.2) is 4.39 Å². The van der Waals surface area contributed by atoms with Gasteiger partial charge in [0.1, 0.15) is 11.2 Å². The van der Waals surface area contributed by atoms with Crippen molar-refractivity contribution in [1.82, 2.24) is 0 Å². The zero-order chi connectivity index (χ0) is 15.2. The Kier molecular flexibility index (Phi) is 6.22. The molecular formula is C18H24ClFO. The first-order chi connectivity index (χ1) is 10.1. The van der Waals surface area contributed by atoms with Crippen LogP contribution in [0.2, 0.25) is 0 Å². The Morgan fingerprint density at radius 1 is 1.24 bits per heavy atom. The highest BCUT2D eigenvalue weighted by molar-refractivity contribution is 6.31. The van der Waals surface area contributed by atoms with Crippen LogP contribution in [-0.4, -0.2) is 5.78 Å². The van der Waals surface area contributed by atoms with Crippen molar-refractivity contribution in [3.8, 4) is 0 Å². The number of alkyl halides is 1. The second-order valence-electron chi connectivity index (χ2n) is 6.18. The van der Waals surface area contributed by atoms with Gasteiger partial charge < -0.3 is 0 Å². The van der Waals surface area contributed by atoms with Crippen LogP contribution in [0, 0.1) is 17.7 Å². The zero-order valence-corrected chi connectivity index (χ0v) is 13.4. The molecule has 21 heavy (non-hydrogen) atoms. The lowest BCUT2D eigenvalue weighted by atomic mass is 9.77. The van der Waals surface area contributed by atoms with Gasteiger partial charge in [-0.15, -0.1) is 11.6 Å². The van der Waals surface area contributed by atoms with E-state index in [1.807, 2.05) is 0 Å². The third-order valence-electron chi connectivity index (χ3n) is 4.63. The average molecular weight is 311 g/mol. The molecule has 0 amide bonds. The molecule has 0 spiro atoms. The lowest BCUT2D eigenvalue weighted by Crippen LogP contribution is -2.24. The highest BCUT2D eigenvalue weighted by Gasteiger charge is 2.30. The number of benzene rings is 1. The predicted octanol–water partition coefficient (Wildman–Crippen LogP) is 5.67. The molecule has 0 aliphatic heterocycles. The molecular weight excluding hydrogens is 287 g/mol. The minimum Gasteiger partial charge on any atom is -0.297 e. The van der Waals surface area contributed by atoms with E-state index in [4.69, 9.17) is 11.6 Å². The molecule has 0 saturated heterocycles. The van der Waals surface area contributed by atoms with E-state index in [1.165, 1.54) is 31.4 Å². The van der Waals surface area contributed by atoms with Gasteiger partial charge in [0.15, 0.2) is 5.78 Å². The smallest absolute Gasteiger partial charge is 0.158 e. The Morgan fingerprint density at radius 2 is 1.86 bits per heavy atom. The van der Waals surface area contributed by atoms with Gasteiger partial charge in [-0.2, -0.15) is 0 Å². The Hall–Kier alpha value is -0.890. The largest absolute Gasteiger partial charge is 0.297 e. The van der Waals surface area contributed by atoms with E-state index in [-0.39, 0.29) is 17.5 Å². The summed E-state index contributed by atoms with van der Waals surface area (Å²) in [5, 5.41) is -0.636. The molecule has 1 aromatic rings. The van der Waals surface area contributed by atoms with Gasteiger partial charge in [-0.1, -0.05) is 38.3 Å². The Morgan fingerprint density at radius 3 is 2.43 bits per heavy atom. The Bertz CT molecular complexity index is 449. The van der Waals surface area contributed by atoms with Crippen LogP contribution in [0.3, 0.4) is 0 Å². The first-order valence-corrected chi connectivity index (χ1v) is 8.48. The summed E-state index contributed by atoms with van der Waals surface area (Å²) in [6.07, 6.45) is 8.02. The first kappa shape index (κ1) is 16.5. The lowest BCUT2D eigenvalue weighted by molar-refractivity contribution is -0.123. The van der Waals surface area contributed by atoms with E-state index in [9.17, 15) is 9.18 Å². The van der Waals surface area contributed by atoms with Crippen LogP contribution in [0.15, 0.2) is 24.3 Å². The molecule has 1 aliphatic carbocycles. The fraction of sp³-hybridized carbons (Fsp3) is 0.611. The van der Waals surface area contributed by atoms with Gasteiger partial charge in [-0.05, 0) is 49.3 Å². The van der Waals surface area contributed by atoms with Crippen molar-refractivity contribution in [2.75, 3.05) is 0 Å². The molecule has 1 nitrogen and oxygen atoms in total. The highest BCUT2D eigenvalue weighted by atomic mass is 35.5. The summed E-state index contributed by atoms with van der Waals surface area (Å²) in [7, 11) is 0. The van der Waals surface area contributed by atoms with Crippen molar-refractivity contribution in [3.63, 3.8) is 0 Å². The van der Waals surface area contributed by atoms with Crippen LogP contribution >= 0.6 is 11.6 Å². The number of unbranched alkanes of at least 4 members (excludes halogenated alkanes) is 1. The number of ketones is 1. The molecule has 0 heterocycles. The minimum absolute atomic E-state index is 0.0791. The summed E-state index contributed by atoms with van der Waals surface area (Å²) in [5.74, 6) is 0.674. The molecule has 1 atom stereocenters. The van der Waals surface area contributed by atoms with Crippen molar-refractivity contribution in [2.45, 2.75) is 57.2 Å². The number of carbonyl (C=O) groups excluding carboxylic acids is 1. The Labute approximate surface area is 131 Å².